The minimum Gasteiger partial charge on any atom is -0.480 e. The summed E-state index contributed by atoms with van der Waals surface area (Å²) in [6, 6.07) is 0. The minimum absolute atomic E-state index is 0.136. The van der Waals surface area contributed by atoms with Crippen molar-refractivity contribution in [2.45, 2.75) is 27.7 Å². The highest BCUT2D eigenvalue weighted by atomic mass is 16.6. The molecule has 0 aromatic rings. The molecular weight excluding hydrogens is 184 g/mol. The van der Waals surface area contributed by atoms with Crippen molar-refractivity contribution in [1.29, 1.82) is 0 Å². The van der Waals surface area contributed by atoms with E-state index in [4.69, 9.17) is 4.74 Å². The molecule has 5 nitrogen and oxygen atoms in total. The Hall–Kier alpha value is -1.26. The zero-order valence-electron chi connectivity index (χ0n) is 9.16. The molecule has 0 bridgehead atoms. The summed E-state index contributed by atoms with van der Waals surface area (Å²) in [4.78, 5) is 10.9. The van der Waals surface area contributed by atoms with Gasteiger partial charge in [-0.2, -0.15) is 0 Å². The lowest BCUT2D eigenvalue weighted by atomic mass is 10.2. The van der Waals surface area contributed by atoms with Crippen molar-refractivity contribution in [1.82, 2.24) is 5.43 Å². The molecule has 0 saturated carbocycles. The van der Waals surface area contributed by atoms with E-state index in [0.29, 0.717) is 19.1 Å². The number of nitrogens with one attached hydrogen (secondary N) is 1. The number of rotatable bonds is 4. The highest BCUT2D eigenvalue weighted by molar-refractivity contribution is 5.79. The number of carbonyl (C=O) groups excluding carboxylic acids is 1. The van der Waals surface area contributed by atoms with Gasteiger partial charge in [-0.15, -0.1) is 5.10 Å². The van der Waals surface area contributed by atoms with Gasteiger partial charge < -0.3 is 9.47 Å². The van der Waals surface area contributed by atoms with Crippen LogP contribution in [-0.2, 0) is 9.47 Å². The molecule has 0 aromatic carbocycles. The molecule has 0 heterocycles. The van der Waals surface area contributed by atoms with E-state index in [1.807, 2.05) is 20.8 Å². The van der Waals surface area contributed by atoms with Gasteiger partial charge in [0.25, 0.3) is 0 Å². The molecule has 0 aromatic heterocycles. The molecule has 0 aliphatic carbocycles. The van der Waals surface area contributed by atoms with Gasteiger partial charge in [0.05, 0.1) is 13.2 Å². The van der Waals surface area contributed by atoms with Crippen LogP contribution in [0.3, 0.4) is 0 Å². The molecule has 0 aliphatic rings. The molecule has 1 N–H and O–H groups in total. The Morgan fingerprint density at radius 2 is 1.86 bits per heavy atom. The fraction of sp³-hybridized carbons (Fsp3) is 0.778. The van der Waals surface area contributed by atoms with Crippen molar-refractivity contribution in [3.63, 3.8) is 0 Å². The fourth-order valence-corrected chi connectivity index (χ4v) is 0.740. The predicted molar refractivity (Wildman–Crippen MR) is 54.1 cm³/mol. The minimum atomic E-state index is -0.564. The van der Waals surface area contributed by atoms with E-state index in [1.165, 1.54) is 0 Å². The molecule has 0 rings (SSSR count). The SMILES string of the molecule is CCOC(=O)N/N=C(/OCC)C(C)C. The maximum absolute atomic E-state index is 10.9. The van der Waals surface area contributed by atoms with Crippen LogP contribution < -0.4 is 5.43 Å². The third kappa shape index (κ3) is 5.40. The average Bonchev–Trinajstić information content (AvgIpc) is 2.12. The molecule has 0 saturated heterocycles. The molecule has 0 radical (unpaired) electrons. The number of hydrazone groups is 1. The molecule has 0 aliphatic heterocycles. The predicted octanol–water partition coefficient (Wildman–Crippen LogP) is 1.74. The van der Waals surface area contributed by atoms with E-state index < -0.39 is 6.09 Å². The Balaban J connectivity index is 4.08. The van der Waals surface area contributed by atoms with Gasteiger partial charge in [-0.05, 0) is 13.8 Å². The quantitative estimate of drug-likeness (QED) is 0.429. The van der Waals surface area contributed by atoms with Crippen LogP contribution in [0.5, 0.6) is 0 Å². The standard InChI is InChI=1S/C9H18N2O3/c1-5-13-8(7(3)4)10-11-9(12)14-6-2/h7H,5-6H2,1-4H3,(H,11,12)/b10-8+. The van der Waals surface area contributed by atoms with Gasteiger partial charge >= 0.3 is 6.09 Å². The van der Waals surface area contributed by atoms with E-state index in [2.05, 4.69) is 15.3 Å². The molecule has 0 fully saturated rings. The Labute approximate surface area is 84.5 Å². The monoisotopic (exact) mass is 202 g/mol. The van der Waals surface area contributed by atoms with Gasteiger partial charge in [0, 0.05) is 5.92 Å². The van der Waals surface area contributed by atoms with E-state index in [0.717, 1.165) is 0 Å². The van der Waals surface area contributed by atoms with Crippen LogP contribution in [0.2, 0.25) is 0 Å². The Kier molecular flexibility index (Phi) is 6.53. The van der Waals surface area contributed by atoms with Gasteiger partial charge in [-0.3, -0.25) is 0 Å². The molecule has 0 unspecified atom stereocenters. The van der Waals surface area contributed by atoms with Crippen molar-refractivity contribution in [2.24, 2.45) is 11.0 Å². The summed E-state index contributed by atoms with van der Waals surface area (Å²) in [7, 11) is 0. The second-order valence-electron chi connectivity index (χ2n) is 2.87. The van der Waals surface area contributed by atoms with Crippen molar-refractivity contribution >= 4 is 12.0 Å². The second kappa shape index (κ2) is 7.17. The number of carbonyl (C=O) groups is 1. The largest absolute Gasteiger partial charge is 0.480 e. The first-order valence-electron chi connectivity index (χ1n) is 4.74. The van der Waals surface area contributed by atoms with Crippen LogP contribution in [0, 0.1) is 5.92 Å². The fourth-order valence-electron chi connectivity index (χ4n) is 0.740. The summed E-state index contributed by atoms with van der Waals surface area (Å²) in [6.45, 7) is 8.31. The first kappa shape index (κ1) is 12.7. The Morgan fingerprint density at radius 3 is 2.29 bits per heavy atom. The summed E-state index contributed by atoms with van der Waals surface area (Å²) < 4.78 is 9.85. The lowest BCUT2D eigenvalue weighted by molar-refractivity contribution is 0.152. The van der Waals surface area contributed by atoms with Crippen LogP contribution in [0.4, 0.5) is 4.79 Å². The van der Waals surface area contributed by atoms with E-state index in [-0.39, 0.29) is 5.92 Å². The zero-order chi connectivity index (χ0) is 11.0. The van der Waals surface area contributed by atoms with Gasteiger partial charge in [0.15, 0.2) is 0 Å². The average molecular weight is 202 g/mol. The van der Waals surface area contributed by atoms with E-state index >= 15 is 0 Å². The molecule has 0 atom stereocenters. The van der Waals surface area contributed by atoms with Crippen LogP contribution in [0.1, 0.15) is 27.7 Å². The maximum atomic E-state index is 10.9. The van der Waals surface area contributed by atoms with Gasteiger partial charge in [0.2, 0.25) is 5.90 Å². The summed E-state index contributed by atoms with van der Waals surface area (Å²) in [5.74, 6) is 0.637. The van der Waals surface area contributed by atoms with Crippen LogP contribution >= 0.6 is 0 Å². The number of ether oxygens (including phenoxy) is 2. The first-order chi connectivity index (χ1) is 6.61. The van der Waals surface area contributed by atoms with E-state index in [1.54, 1.807) is 6.92 Å². The molecule has 14 heavy (non-hydrogen) atoms. The van der Waals surface area contributed by atoms with Gasteiger partial charge in [-0.25, -0.2) is 10.2 Å². The third-order valence-corrected chi connectivity index (χ3v) is 1.32. The lowest BCUT2D eigenvalue weighted by Crippen LogP contribution is -2.23. The van der Waals surface area contributed by atoms with Gasteiger partial charge in [0.1, 0.15) is 0 Å². The van der Waals surface area contributed by atoms with Crippen LogP contribution in [-0.4, -0.2) is 25.2 Å². The van der Waals surface area contributed by atoms with Crippen molar-refractivity contribution in [3.8, 4) is 0 Å². The Morgan fingerprint density at radius 1 is 1.29 bits per heavy atom. The molecule has 1 amide bonds. The molecular formula is C9H18N2O3. The van der Waals surface area contributed by atoms with Crippen LogP contribution in [0.15, 0.2) is 5.10 Å². The van der Waals surface area contributed by atoms with Crippen molar-refractivity contribution in [2.75, 3.05) is 13.2 Å². The molecule has 5 heteroatoms. The molecule has 82 valence electrons. The van der Waals surface area contributed by atoms with Crippen molar-refractivity contribution < 1.29 is 14.3 Å². The highest BCUT2D eigenvalue weighted by Crippen LogP contribution is 1.98. The third-order valence-electron chi connectivity index (χ3n) is 1.32. The Bertz CT molecular complexity index is 202. The summed E-state index contributed by atoms with van der Waals surface area (Å²) in [6.07, 6.45) is -0.564. The first-order valence-corrected chi connectivity index (χ1v) is 4.74. The second-order valence-corrected chi connectivity index (χ2v) is 2.87. The van der Waals surface area contributed by atoms with Gasteiger partial charge in [-0.1, -0.05) is 13.8 Å². The van der Waals surface area contributed by atoms with Crippen molar-refractivity contribution in [3.05, 3.63) is 0 Å². The zero-order valence-corrected chi connectivity index (χ0v) is 9.16. The normalized spacial score (nSPS) is 11.4. The van der Waals surface area contributed by atoms with E-state index in [9.17, 15) is 4.79 Å². The summed E-state index contributed by atoms with van der Waals surface area (Å²) in [5.41, 5.74) is 2.25. The molecule has 0 spiro atoms. The summed E-state index contributed by atoms with van der Waals surface area (Å²) >= 11 is 0. The maximum Gasteiger partial charge on any atom is 0.427 e. The number of amides is 1. The lowest BCUT2D eigenvalue weighted by Gasteiger charge is -2.10. The number of hydrogen-bond donors (Lipinski definition) is 1. The number of nitrogens with zero attached hydrogens (tertiary/aromatic N) is 1. The number of hydrogen-bond acceptors (Lipinski definition) is 4. The summed E-state index contributed by atoms with van der Waals surface area (Å²) in [5, 5.41) is 3.80. The topological polar surface area (TPSA) is 59.9 Å². The van der Waals surface area contributed by atoms with Crippen LogP contribution in [0.25, 0.3) is 0 Å². The smallest absolute Gasteiger partial charge is 0.427 e. The highest BCUT2D eigenvalue weighted by Gasteiger charge is 2.06.